The van der Waals surface area contributed by atoms with Gasteiger partial charge in [-0.05, 0) is 0 Å². The van der Waals surface area contributed by atoms with Crippen LogP contribution in [0.15, 0.2) is 34.5 Å². The van der Waals surface area contributed by atoms with Crippen molar-refractivity contribution in [2.24, 2.45) is 0 Å². The van der Waals surface area contributed by atoms with Crippen LogP contribution in [0.2, 0.25) is 0 Å². The Morgan fingerprint density at radius 3 is 2.15 bits per heavy atom. The first-order valence-corrected chi connectivity index (χ1v) is 20.5. The predicted octanol–water partition coefficient (Wildman–Crippen LogP) is -2.20. The minimum absolute atomic E-state index is 0.120. The highest BCUT2D eigenvalue weighted by atomic mass is 31.3. The summed E-state index contributed by atoms with van der Waals surface area (Å²) in [5.74, 6) is 0.278. The lowest BCUT2D eigenvalue weighted by molar-refractivity contribution is -0.0610. The number of ether oxygens (including phenoxy) is 3. The number of fused-ring (bicyclic) bond motifs is 1. The Balaban J connectivity index is 1.37. The zero-order valence-corrected chi connectivity index (χ0v) is 30.3. The smallest absolute Gasteiger partial charge is 0.387 e. The molecule has 32 heteroatoms. The summed E-state index contributed by atoms with van der Waals surface area (Å²) >= 11 is 0. The van der Waals surface area contributed by atoms with Crippen molar-refractivity contribution >= 4 is 48.3 Å². The monoisotopic (exact) mass is 841 g/mol. The fourth-order valence-electron chi connectivity index (χ4n) is 5.21. The number of imidazole rings is 1. The molecule has 5 rings (SSSR count). The van der Waals surface area contributed by atoms with Crippen LogP contribution in [-0.2, 0) is 54.7 Å². The number of aromatic amines is 1. The van der Waals surface area contributed by atoms with Crippen molar-refractivity contribution in [2.45, 2.75) is 49.1 Å². The van der Waals surface area contributed by atoms with Gasteiger partial charge in [-0.2, -0.15) is 8.62 Å². The van der Waals surface area contributed by atoms with Crippen molar-refractivity contribution < 1.29 is 89.3 Å². The van der Waals surface area contributed by atoms with E-state index in [1.165, 1.54) is 10.9 Å². The molecule has 5 heterocycles. The van der Waals surface area contributed by atoms with Crippen LogP contribution in [0, 0.1) is 0 Å². The van der Waals surface area contributed by atoms with E-state index in [2.05, 4.69) is 33.4 Å². The molecule has 53 heavy (non-hydrogen) atoms. The van der Waals surface area contributed by atoms with Crippen molar-refractivity contribution in [3.8, 4) is 0 Å². The van der Waals surface area contributed by atoms with Crippen molar-refractivity contribution in [1.82, 2.24) is 29.1 Å². The summed E-state index contributed by atoms with van der Waals surface area (Å²) in [5, 5.41) is 23.8. The first-order valence-electron chi connectivity index (χ1n) is 14.4. The zero-order chi connectivity index (χ0) is 39.1. The van der Waals surface area contributed by atoms with Gasteiger partial charge in [0.15, 0.2) is 23.9 Å². The zero-order valence-electron chi connectivity index (χ0n) is 26.7. The van der Waals surface area contributed by atoms with Crippen LogP contribution in [0.4, 0.5) is 5.82 Å². The van der Waals surface area contributed by atoms with Gasteiger partial charge in [0.05, 0.1) is 19.5 Å². The maximum absolute atomic E-state index is 13.3. The normalized spacial score (nSPS) is 29.8. The Labute approximate surface area is 294 Å². The topological polar surface area (TPSA) is 394 Å². The van der Waals surface area contributed by atoms with Gasteiger partial charge >= 0.3 is 37.0 Å². The van der Waals surface area contributed by atoms with Crippen molar-refractivity contribution in [2.75, 3.05) is 32.7 Å². The molecule has 3 aromatic rings. The molecular formula is C21H31N7O21P4. The van der Waals surface area contributed by atoms with E-state index in [0.29, 0.717) is 0 Å². The van der Waals surface area contributed by atoms with Gasteiger partial charge in [0.1, 0.15) is 48.5 Å². The second kappa shape index (κ2) is 15.8. The molecular weight excluding hydrogens is 810 g/mol. The van der Waals surface area contributed by atoms with E-state index in [9.17, 15) is 52.7 Å². The number of hydrogen-bond acceptors (Lipinski definition) is 20. The van der Waals surface area contributed by atoms with Gasteiger partial charge < -0.3 is 54.2 Å². The summed E-state index contributed by atoms with van der Waals surface area (Å²) in [5.41, 5.74) is -1.43. The van der Waals surface area contributed by atoms with Gasteiger partial charge in [0.25, 0.3) is 5.56 Å². The molecule has 9 N–H and O–H groups in total. The molecule has 296 valence electrons. The van der Waals surface area contributed by atoms with Gasteiger partial charge in [-0.25, -0.2) is 38.0 Å². The molecule has 2 saturated heterocycles. The average molecular weight is 841 g/mol. The third-order valence-corrected chi connectivity index (χ3v) is 12.2. The van der Waals surface area contributed by atoms with E-state index in [4.69, 9.17) is 33.0 Å². The molecule has 0 amide bonds. The summed E-state index contributed by atoms with van der Waals surface area (Å²) < 4.78 is 89.9. The van der Waals surface area contributed by atoms with E-state index >= 15 is 0 Å². The number of H-pyrrole nitrogens is 1. The number of nitrogens with zero attached hydrogens (tertiary/aromatic N) is 5. The van der Waals surface area contributed by atoms with E-state index in [0.717, 1.165) is 30.3 Å². The molecule has 0 radical (unpaired) electrons. The molecule has 2 fully saturated rings. The molecule has 0 bridgehead atoms. The van der Waals surface area contributed by atoms with Crippen LogP contribution in [0.5, 0.6) is 0 Å². The van der Waals surface area contributed by atoms with Gasteiger partial charge in [-0.15, -0.1) is 0 Å². The molecule has 0 spiro atoms. The molecule has 0 aliphatic carbocycles. The lowest BCUT2D eigenvalue weighted by atomic mass is 10.1. The first kappa shape index (κ1) is 41.5. The number of phosphoric acid groups is 4. The summed E-state index contributed by atoms with van der Waals surface area (Å²) in [6.45, 7) is -2.14. The predicted molar refractivity (Wildman–Crippen MR) is 167 cm³/mol. The molecule has 0 saturated carbocycles. The summed E-state index contributed by atoms with van der Waals surface area (Å²) in [6.07, 6.45) is -9.78. The standard InChI is InChI=1S/C21H31N7O21P4/c1-22-17-12-18(24-7-23-17)28(8-25-12)20-16(42-2)15(10(46-20)6-44-52(38,39)49-53(40,41)48-50(33,34)35)47-51(36,37)43-5-9-13(30)14(31)19(45-9)27-4-3-11(29)26-21(27)32/h3-4,7-10,13-16,19-20,30-31H,5-6H2,1-2H3,(H,36,37)(H,38,39)(H,40,41)(H,22,23,24)(H,26,29,32)(H2,33,34,35)/t9-,10?,13-,14-,15-,16-,19-,20-/m1/s1. The third-order valence-electron chi connectivity index (χ3n) is 7.36. The summed E-state index contributed by atoms with van der Waals surface area (Å²) in [4.78, 5) is 85.8. The van der Waals surface area contributed by atoms with Gasteiger partial charge in [0.2, 0.25) is 0 Å². The van der Waals surface area contributed by atoms with Crippen LogP contribution in [0.25, 0.3) is 11.2 Å². The Kier molecular flexibility index (Phi) is 12.4. The fourth-order valence-corrected chi connectivity index (χ4v) is 9.20. The lowest BCUT2D eigenvalue weighted by Crippen LogP contribution is -2.38. The van der Waals surface area contributed by atoms with Crippen molar-refractivity contribution in [3.05, 3.63) is 45.8 Å². The van der Waals surface area contributed by atoms with Gasteiger partial charge in [-0.1, -0.05) is 0 Å². The molecule has 3 aromatic heterocycles. The van der Waals surface area contributed by atoms with Crippen LogP contribution < -0.4 is 16.6 Å². The van der Waals surface area contributed by atoms with Crippen LogP contribution in [0.1, 0.15) is 12.5 Å². The molecule has 0 aromatic carbocycles. The number of aliphatic hydroxyl groups excluding tert-OH is 2. The Bertz CT molecular complexity index is 2110. The number of aromatic nitrogens is 6. The van der Waals surface area contributed by atoms with Crippen molar-refractivity contribution in [3.63, 3.8) is 0 Å². The number of rotatable bonds is 16. The SMILES string of the molecule is CNc1ncnc2c1ncn2[C@@H]1OC(COP(=O)(O)OP(=O)(O)OP(=O)(O)O)[C@@H](OP(=O)(O)OC[C@H]2O[C@@H](n3ccc(=O)[nH]c3=O)[C@H](O)[C@@H]2O)[C@H]1OC. The van der Waals surface area contributed by atoms with Gasteiger partial charge in [0, 0.05) is 26.4 Å². The Hall–Kier alpha value is -2.65. The number of aliphatic hydroxyl groups is 2. The molecule has 2 aliphatic heterocycles. The minimum Gasteiger partial charge on any atom is -0.387 e. The summed E-state index contributed by atoms with van der Waals surface area (Å²) in [6, 6.07) is 0.937. The third kappa shape index (κ3) is 9.78. The van der Waals surface area contributed by atoms with Gasteiger partial charge in [-0.3, -0.25) is 32.5 Å². The number of nitrogens with one attached hydrogen (secondary N) is 2. The lowest BCUT2D eigenvalue weighted by Gasteiger charge is -2.26. The van der Waals surface area contributed by atoms with Crippen LogP contribution in [-0.4, -0.2) is 128 Å². The van der Waals surface area contributed by atoms with Crippen LogP contribution >= 0.6 is 31.3 Å². The number of phosphoric ester groups is 2. The average Bonchev–Trinajstić information content (AvgIpc) is 3.70. The maximum atomic E-state index is 13.3. The first-order chi connectivity index (χ1) is 24.6. The van der Waals surface area contributed by atoms with E-state index in [1.54, 1.807) is 7.05 Å². The maximum Gasteiger partial charge on any atom is 0.490 e. The van der Waals surface area contributed by atoms with E-state index in [-0.39, 0.29) is 17.0 Å². The molecule has 2 aliphatic rings. The molecule has 28 nitrogen and oxygen atoms in total. The second-order valence-corrected chi connectivity index (χ2v) is 16.7. The van der Waals surface area contributed by atoms with E-state index < -0.39 is 105 Å². The molecule has 11 atom stereocenters. The van der Waals surface area contributed by atoms with E-state index in [1.807, 2.05) is 4.98 Å². The second-order valence-electron chi connectivity index (χ2n) is 10.8. The molecule has 4 unspecified atom stereocenters. The summed E-state index contributed by atoms with van der Waals surface area (Å²) in [7, 11) is -20.1. The highest BCUT2D eigenvalue weighted by molar-refractivity contribution is 7.66. The van der Waals surface area contributed by atoms with Crippen molar-refractivity contribution in [1.29, 1.82) is 0 Å². The highest BCUT2D eigenvalue weighted by Gasteiger charge is 2.52. The van der Waals surface area contributed by atoms with Crippen LogP contribution in [0.3, 0.4) is 0 Å². The number of methoxy groups -OCH3 is 1. The Morgan fingerprint density at radius 2 is 1.51 bits per heavy atom. The number of anilines is 1. The fraction of sp³-hybridized carbons (Fsp3) is 0.571. The minimum atomic E-state index is -5.93. The number of hydrogen-bond donors (Lipinski definition) is 9. The largest absolute Gasteiger partial charge is 0.490 e. The quantitative estimate of drug-likeness (QED) is 0.0691. The Morgan fingerprint density at radius 1 is 0.849 bits per heavy atom. The highest BCUT2D eigenvalue weighted by Crippen LogP contribution is 2.66.